The minimum absolute atomic E-state index is 0.137. The molecule has 1 aliphatic heterocycles. The highest BCUT2D eigenvalue weighted by Crippen LogP contribution is 2.33. The lowest BCUT2D eigenvalue weighted by Gasteiger charge is -2.26. The molecule has 142 valence electrons. The number of carbonyl (C=O) groups is 3. The molecule has 0 radical (unpaired) electrons. The summed E-state index contributed by atoms with van der Waals surface area (Å²) < 4.78 is 0.160. The number of hydrogen-bond donors (Lipinski definition) is 2. The molecule has 2 N–H and O–H groups in total. The summed E-state index contributed by atoms with van der Waals surface area (Å²) >= 11 is 7.49. The number of phenolic OH excluding ortho intramolecular Hbond substituents is 1. The molecule has 1 aliphatic rings. The van der Waals surface area contributed by atoms with E-state index < -0.39 is 39.8 Å². The number of nitrogens with one attached hydrogen (secondary N) is 1. The van der Waals surface area contributed by atoms with Crippen LogP contribution in [0.15, 0.2) is 42.0 Å². The number of barbiturate groups is 1. The molecule has 0 saturated carbocycles. The maximum atomic E-state index is 12.8. The summed E-state index contributed by atoms with van der Waals surface area (Å²) in [5.41, 5.74) is -0.646. The van der Waals surface area contributed by atoms with Crippen LogP contribution >= 0.6 is 34.2 Å². The third kappa shape index (κ3) is 3.68. The predicted octanol–water partition coefficient (Wildman–Crippen LogP) is 3.22. The van der Waals surface area contributed by atoms with Crippen molar-refractivity contribution in [2.75, 3.05) is 4.90 Å². The molecule has 1 heterocycles. The van der Waals surface area contributed by atoms with Crippen molar-refractivity contribution in [1.29, 1.82) is 0 Å². The van der Waals surface area contributed by atoms with Gasteiger partial charge in [-0.05, 0) is 64.6 Å². The third-order valence-corrected chi connectivity index (χ3v) is 4.83. The third-order valence-electron chi connectivity index (χ3n) is 3.76. The SMILES string of the molecule is O=C1NC(=O)N(c2ccc(Cl)cc2)C(=O)/C1=C/c1cc(I)c(O)c([N+](=O)[O-])c1. The van der Waals surface area contributed by atoms with Gasteiger partial charge in [-0.15, -0.1) is 0 Å². The van der Waals surface area contributed by atoms with Crippen LogP contribution in [0.4, 0.5) is 16.2 Å². The fraction of sp³-hybridized carbons (Fsp3) is 0. The first-order valence-corrected chi connectivity index (χ1v) is 8.98. The number of imide groups is 2. The minimum Gasteiger partial charge on any atom is -0.501 e. The molecule has 11 heteroatoms. The second-order valence-electron chi connectivity index (χ2n) is 5.56. The second-order valence-corrected chi connectivity index (χ2v) is 7.16. The Hall–Kier alpha value is -2.99. The largest absolute Gasteiger partial charge is 0.501 e. The lowest BCUT2D eigenvalue weighted by molar-refractivity contribution is -0.386. The first kappa shape index (κ1) is 19.8. The van der Waals surface area contributed by atoms with Crippen LogP contribution < -0.4 is 10.2 Å². The molecular weight excluding hydrogens is 505 g/mol. The van der Waals surface area contributed by atoms with Gasteiger partial charge in [0.1, 0.15) is 5.57 Å². The number of anilines is 1. The number of benzene rings is 2. The molecule has 28 heavy (non-hydrogen) atoms. The van der Waals surface area contributed by atoms with E-state index in [-0.39, 0.29) is 14.8 Å². The molecule has 0 unspecified atom stereocenters. The number of nitro benzene ring substituents is 1. The molecule has 0 spiro atoms. The Bertz CT molecular complexity index is 1070. The van der Waals surface area contributed by atoms with Gasteiger partial charge in [-0.25, -0.2) is 9.69 Å². The van der Waals surface area contributed by atoms with E-state index >= 15 is 0 Å². The highest BCUT2D eigenvalue weighted by molar-refractivity contribution is 14.1. The van der Waals surface area contributed by atoms with Crippen molar-refractivity contribution in [3.8, 4) is 5.75 Å². The summed E-state index contributed by atoms with van der Waals surface area (Å²) in [7, 11) is 0. The molecule has 0 bridgehead atoms. The van der Waals surface area contributed by atoms with Gasteiger partial charge >= 0.3 is 11.7 Å². The Morgan fingerprint density at radius 1 is 1.18 bits per heavy atom. The molecule has 4 amide bonds. The lowest BCUT2D eigenvalue weighted by atomic mass is 10.1. The fourth-order valence-electron chi connectivity index (χ4n) is 2.48. The smallest absolute Gasteiger partial charge is 0.335 e. The van der Waals surface area contributed by atoms with Gasteiger partial charge in [-0.1, -0.05) is 11.6 Å². The molecule has 1 saturated heterocycles. The van der Waals surface area contributed by atoms with Crippen molar-refractivity contribution in [2.45, 2.75) is 0 Å². The molecule has 9 nitrogen and oxygen atoms in total. The zero-order chi connectivity index (χ0) is 20.6. The monoisotopic (exact) mass is 513 g/mol. The van der Waals surface area contributed by atoms with Crippen LogP contribution in [-0.2, 0) is 9.59 Å². The van der Waals surface area contributed by atoms with Crippen LogP contribution in [-0.4, -0.2) is 27.9 Å². The van der Waals surface area contributed by atoms with E-state index in [9.17, 15) is 29.6 Å². The Labute approximate surface area is 175 Å². The van der Waals surface area contributed by atoms with Crippen molar-refractivity contribution in [3.63, 3.8) is 0 Å². The number of hydrogen-bond acceptors (Lipinski definition) is 6. The molecule has 0 aromatic heterocycles. The number of phenols is 1. The van der Waals surface area contributed by atoms with Crippen molar-refractivity contribution in [2.24, 2.45) is 0 Å². The van der Waals surface area contributed by atoms with Gasteiger partial charge in [0.25, 0.3) is 11.8 Å². The summed E-state index contributed by atoms with van der Waals surface area (Å²) in [5.74, 6) is -2.36. The minimum atomic E-state index is -0.939. The number of amides is 4. The molecule has 1 fully saturated rings. The lowest BCUT2D eigenvalue weighted by Crippen LogP contribution is -2.54. The van der Waals surface area contributed by atoms with Gasteiger partial charge in [-0.2, -0.15) is 0 Å². The average molecular weight is 514 g/mol. The number of halogens is 2. The number of nitrogens with zero attached hydrogens (tertiary/aromatic N) is 2. The normalized spacial score (nSPS) is 15.7. The van der Waals surface area contributed by atoms with Crippen molar-refractivity contribution < 1.29 is 24.4 Å². The van der Waals surface area contributed by atoms with Crippen LogP contribution in [0.1, 0.15) is 5.56 Å². The van der Waals surface area contributed by atoms with Gasteiger partial charge in [0, 0.05) is 11.1 Å². The number of rotatable bonds is 3. The van der Waals surface area contributed by atoms with Crippen LogP contribution in [0.3, 0.4) is 0 Å². The number of carbonyl (C=O) groups excluding carboxylic acids is 3. The number of nitro groups is 1. The van der Waals surface area contributed by atoms with Crippen LogP contribution in [0, 0.1) is 13.7 Å². The van der Waals surface area contributed by atoms with Gasteiger partial charge in [-0.3, -0.25) is 25.0 Å². The van der Waals surface area contributed by atoms with Crippen molar-refractivity contribution in [1.82, 2.24) is 5.32 Å². The quantitative estimate of drug-likeness (QED) is 0.213. The van der Waals surface area contributed by atoms with Crippen molar-refractivity contribution in [3.05, 3.63) is 66.2 Å². The molecule has 2 aromatic carbocycles. The Kier molecular flexibility index (Phi) is 5.34. The highest BCUT2D eigenvalue weighted by atomic mass is 127. The Balaban J connectivity index is 2.07. The average Bonchev–Trinajstić information content (AvgIpc) is 2.62. The summed E-state index contributed by atoms with van der Waals surface area (Å²) in [5, 5.41) is 23.3. The zero-order valence-electron chi connectivity index (χ0n) is 13.7. The first-order chi connectivity index (χ1) is 13.2. The summed E-state index contributed by atoms with van der Waals surface area (Å²) in [6, 6.07) is 7.27. The summed E-state index contributed by atoms with van der Waals surface area (Å²) in [6.07, 6.45) is 1.11. The summed E-state index contributed by atoms with van der Waals surface area (Å²) in [4.78, 5) is 48.1. The van der Waals surface area contributed by atoms with Crippen LogP contribution in [0.25, 0.3) is 6.08 Å². The van der Waals surface area contributed by atoms with E-state index in [0.29, 0.717) is 5.02 Å². The van der Waals surface area contributed by atoms with Crippen LogP contribution in [0.5, 0.6) is 5.75 Å². The topological polar surface area (TPSA) is 130 Å². The maximum Gasteiger partial charge on any atom is 0.335 e. The molecule has 3 rings (SSSR count). The van der Waals surface area contributed by atoms with Crippen molar-refractivity contribution >= 4 is 69.5 Å². The molecule has 0 atom stereocenters. The van der Waals surface area contributed by atoms with Gasteiger partial charge in [0.15, 0.2) is 0 Å². The van der Waals surface area contributed by atoms with E-state index in [4.69, 9.17) is 11.6 Å². The van der Waals surface area contributed by atoms with E-state index in [1.807, 2.05) is 5.32 Å². The van der Waals surface area contributed by atoms with E-state index in [0.717, 1.165) is 17.0 Å². The van der Waals surface area contributed by atoms with Gasteiger partial charge in [0.05, 0.1) is 14.2 Å². The molecule has 0 aliphatic carbocycles. The van der Waals surface area contributed by atoms with E-state index in [1.165, 1.54) is 30.3 Å². The van der Waals surface area contributed by atoms with Crippen LogP contribution in [0.2, 0.25) is 5.02 Å². The number of urea groups is 1. The predicted molar refractivity (Wildman–Crippen MR) is 108 cm³/mol. The zero-order valence-corrected chi connectivity index (χ0v) is 16.6. The Morgan fingerprint density at radius 2 is 1.82 bits per heavy atom. The van der Waals surface area contributed by atoms with Gasteiger partial charge in [0.2, 0.25) is 5.75 Å². The summed E-state index contributed by atoms with van der Waals surface area (Å²) in [6.45, 7) is 0. The maximum absolute atomic E-state index is 12.8. The Morgan fingerprint density at radius 3 is 2.43 bits per heavy atom. The van der Waals surface area contributed by atoms with E-state index in [2.05, 4.69) is 0 Å². The second kappa shape index (κ2) is 7.56. The molecule has 2 aromatic rings. The fourth-order valence-corrected chi connectivity index (χ4v) is 3.24. The first-order valence-electron chi connectivity index (χ1n) is 7.53. The standard InChI is InChI=1S/C17H9ClIN3O6/c18-9-1-3-10(4-2-9)21-16(25)11(15(24)20-17(21)26)5-8-6-12(19)14(23)13(7-8)22(27)28/h1-7,23H,(H,20,24,26)/b11-5+. The van der Waals surface area contributed by atoms with Gasteiger partial charge < -0.3 is 5.11 Å². The highest BCUT2D eigenvalue weighted by Gasteiger charge is 2.37. The molecular formula is C17H9ClIN3O6. The number of aromatic hydroxyl groups is 1. The van der Waals surface area contributed by atoms with E-state index in [1.54, 1.807) is 22.6 Å².